The third-order valence-electron chi connectivity index (χ3n) is 6.81. The maximum Gasteiger partial charge on any atom is 0.416 e. The summed E-state index contributed by atoms with van der Waals surface area (Å²) in [5.74, 6) is -0.431. The molecule has 4 rings (SSSR count). The summed E-state index contributed by atoms with van der Waals surface area (Å²) in [6.45, 7) is 3.74. The zero-order valence-corrected chi connectivity index (χ0v) is 18.8. The summed E-state index contributed by atoms with van der Waals surface area (Å²) < 4.78 is 47.2. The van der Waals surface area contributed by atoms with Gasteiger partial charge in [0.25, 0.3) is 0 Å². The van der Waals surface area contributed by atoms with Crippen LogP contribution in [0.3, 0.4) is 0 Å². The second-order valence-corrected chi connectivity index (χ2v) is 9.37. The lowest BCUT2D eigenvalue weighted by Gasteiger charge is -2.36. The van der Waals surface area contributed by atoms with Gasteiger partial charge in [-0.2, -0.15) is 13.2 Å². The number of alkyl halides is 3. The Hall–Kier alpha value is -2.54. The van der Waals surface area contributed by atoms with Crippen LogP contribution in [0.5, 0.6) is 5.75 Å². The van der Waals surface area contributed by atoms with Gasteiger partial charge >= 0.3 is 12.1 Å². The summed E-state index contributed by atoms with van der Waals surface area (Å²) >= 11 is 0. The van der Waals surface area contributed by atoms with Crippen LogP contribution in [0.2, 0.25) is 0 Å². The summed E-state index contributed by atoms with van der Waals surface area (Å²) in [4.78, 5) is 13.0. The summed E-state index contributed by atoms with van der Waals surface area (Å²) in [6, 6.07) is 10.4. The van der Waals surface area contributed by atoms with Crippen molar-refractivity contribution in [3.05, 3.63) is 64.2 Å². The molecule has 1 saturated heterocycles. The van der Waals surface area contributed by atoms with Gasteiger partial charge in [0.05, 0.1) is 11.5 Å². The molecule has 2 aliphatic rings. The molecule has 0 aromatic heterocycles. The molecule has 0 unspecified atom stereocenters. The first-order chi connectivity index (χ1) is 15.7. The van der Waals surface area contributed by atoms with Crippen molar-refractivity contribution >= 4 is 5.97 Å². The molecule has 4 nitrogen and oxygen atoms in total. The van der Waals surface area contributed by atoms with Gasteiger partial charge in [-0.05, 0) is 60.1 Å². The van der Waals surface area contributed by atoms with Gasteiger partial charge < -0.3 is 9.84 Å². The topological polar surface area (TPSA) is 49.8 Å². The molecule has 1 aliphatic carbocycles. The molecule has 7 heteroatoms. The van der Waals surface area contributed by atoms with Gasteiger partial charge in [0.2, 0.25) is 0 Å². The number of likely N-dealkylation sites (tertiary alicyclic amines) is 1. The minimum Gasteiger partial charge on any atom is -0.489 e. The second kappa shape index (κ2) is 9.75. The Morgan fingerprint density at radius 2 is 1.76 bits per heavy atom. The van der Waals surface area contributed by atoms with Gasteiger partial charge in [0.15, 0.2) is 0 Å². The van der Waals surface area contributed by atoms with Gasteiger partial charge in [0, 0.05) is 19.6 Å². The Morgan fingerprint density at radius 1 is 1.06 bits per heavy atom. The highest BCUT2D eigenvalue weighted by molar-refractivity contribution is 5.71. The number of aliphatic carboxylic acids is 1. The third kappa shape index (κ3) is 5.69. The zero-order valence-electron chi connectivity index (χ0n) is 18.8. The van der Waals surface area contributed by atoms with Gasteiger partial charge in [-0.25, -0.2) is 0 Å². The number of nitrogens with zero attached hydrogens (tertiary/aromatic N) is 1. The van der Waals surface area contributed by atoms with E-state index in [0.717, 1.165) is 43.2 Å². The van der Waals surface area contributed by atoms with Crippen molar-refractivity contribution in [2.45, 2.75) is 64.3 Å². The van der Waals surface area contributed by atoms with E-state index < -0.39 is 17.7 Å². The molecule has 1 heterocycles. The maximum absolute atomic E-state index is 13.8. The van der Waals surface area contributed by atoms with Crippen molar-refractivity contribution in [1.82, 2.24) is 4.90 Å². The lowest BCUT2D eigenvalue weighted by molar-refractivity contribution is -0.147. The van der Waals surface area contributed by atoms with E-state index in [2.05, 4.69) is 4.90 Å². The van der Waals surface area contributed by atoms with E-state index in [4.69, 9.17) is 9.84 Å². The molecular weight excluding hydrogens is 431 g/mol. The molecule has 1 N–H and O–H groups in total. The second-order valence-electron chi connectivity index (χ2n) is 9.37. The molecule has 2 fully saturated rings. The van der Waals surface area contributed by atoms with E-state index in [1.54, 1.807) is 12.1 Å². The van der Waals surface area contributed by atoms with Crippen molar-refractivity contribution in [2.75, 3.05) is 13.1 Å². The van der Waals surface area contributed by atoms with E-state index in [1.165, 1.54) is 6.07 Å². The summed E-state index contributed by atoms with van der Waals surface area (Å²) in [6.07, 6.45) is 0.331. The van der Waals surface area contributed by atoms with Gasteiger partial charge in [-0.1, -0.05) is 43.5 Å². The number of carboxylic acid groups (broad SMARTS) is 1. The van der Waals surface area contributed by atoms with Crippen LogP contribution in [0.1, 0.15) is 65.8 Å². The summed E-state index contributed by atoms with van der Waals surface area (Å²) in [5.41, 5.74) is 2.35. The Kier molecular flexibility index (Phi) is 6.98. The first kappa shape index (κ1) is 23.6. The molecule has 0 spiro atoms. The van der Waals surface area contributed by atoms with Crippen molar-refractivity contribution < 1.29 is 27.8 Å². The standard InChI is InChI=1S/C26H30F3NO3/c1-17-11-18(13-30-14-21(15-30)25(31)32)8-10-24(17)33-16-19-7-9-22(20-5-3-2-4-6-20)23(12-19)26(27,28)29/h7-12,20-21H,2-6,13-16H2,1H3,(H,31,32). The molecule has 0 amide bonds. The molecule has 0 bridgehead atoms. The first-order valence-electron chi connectivity index (χ1n) is 11.6. The first-order valence-corrected chi connectivity index (χ1v) is 11.6. The fourth-order valence-corrected chi connectivity index (χ4v) is 4.95. The molecule has 0 radical (unpaired) electrons. The van der Waals surface area contributed by atoms with E-state index in [1.807, 2.05) is 25.1 Å². The van der Waals surface area contributed by atoms with Crippen LogP contribution in [0, 0.1) is 12.8 Å². The predicted octanol–water partition coefficient (Wildman–Crippen LogP) is 6.16. The number of rotatable bonds is 7. The summed E-state index contributed by atoms with van der Waals surface area (Å²) in [7, 11) is 0. The van der Waals surface area contributed by atoms with Crippen molar-refractivity contribution in [3.8, 4) is 5.75 Å². The molecule has 178 valence electrons. The van der Waals surface area contributed by atoms with E-state index in [0.29, 0.717) is 36.5 Å². The number of carbonyl (C=O) groups is 1. The van der Waals surface area contributed by atoms with Gasteiger partial charge in [-0.15, -0.1) is 0 Å². The van der Waals surface area contributed by atoms with Crippen molar-refractivity contribution in [1.29, 1.82) is 0 Å². The average Bonchev–Trinajstić information content (AvgIpc) is 2.75. The fraction of sp³-hybridized carbons (Fsp3) is 0.500. The minimum absolute atomic E-state index is 0.0164. The maximum atomic E-state index is 13.8. The van der Waals surface area contributed by atoms with Crippen LogP contribution in [0.15, 0.2) is 36.4 Å². The number of hydrogen-bond donors (Lipinski definition) is 1. The Balaban J connectivity index is 1.40. The minimum atomic E-state index is -4.38. The number of ether oxygens (including phenoxy) is 1. The Morgan fingerprint density at radius 3 is 2.39 bits per heavy atom. The number of hydrogen-bond acceptors (Lipinski definition) is 3. The molecule has 0 atom stereocenters. The van der Waals surface area contributed by atoms with Crippen molar-refractivity contribution in [2.24, 2.45) is 5.92 Å². The van der Waals surface area contributed by atoms with Crippen LogP contribution in [0.25, 0.3) is 0 Å². The third-order valence-corrected chi connectivity index (χ3v) is 6.81. The van der Waals surface area contributed by atoms with Crippen molar-refractivity contribution in [3.63, 3.8) is 0 Å². The van der Waals surface area contributed by atoms with Crippen LogP contribution in [0.4, 0.5) is 13.2 Å². The van der Waals surface area contributed by atoms with Gasteiger partial charge in [0.1, 0.15) is 12.4 Å². The number of benzene rings is 2. The zero-order chi connectivity index (χ0) is 23.6. The molecule has 1 saturated carbocycles. The molecular formula is C26H30F3NO3. The fourth-order valence-electron chi connectivity index (χ4n) is 4.95. The van der Waals surface area contributed by atoms with Crippen LogP contribution >= 0.6 is 0 Å². The molecule has 2 aromatic rings. The predicted molar refractivity (Wildman–Crippen MR) is 119 cm³/mol. The average molecular weight is 462 g/mol. The van der Waals surface area contributed by atoms with Crippen LogP contribution < -0.4 is 4.74 Å². The lowest BCUT2D eigenvalue weighted by Crippen LogP contribution is -2.49. The Bertz CT molecular complexity index is 993. The highest BCUT2D eigenvalue weighted by Gasteiger charge is 2.36. The highest BCUT2D eigenvalue weighted by atomic mass is 19.4. The molecule has 33 heavy (non-hydrogen) atoms. The largest absolute Gasteiger partial charge is 0.489 e. The lowest BCUT2D eigenvalue weighted by atomic mass is 9.81. The van der Waals surface area contributed by atoms with Crippen LogP contribution in [-0.2, 0) is 24.1 Å². The number of halogens is 3. The van der Waals surface area contributed by atoms with Crippen LogP contribution in [-0.4, -0.2) is 29.1 Å². The van der Waals surface area contributed by atoms with Gasteiger partial charge in [-0.3, -0.25) is 9.69 Å². The Labute approximate surface area is 192 Å². The quantitative estimate of drug-likeness (QED) is 0.537. The number of carboxylic acids is 1. The van der Waals surface area contributed by atoms with E-state index in [9.17, 15) is 18.0 Å². The number of aryl methyl sites for hydroxylation is 1. The summed E-state index contributed by atoms with van der Waals surface area (Å²) in [5, 5.41) is 8.99. The monoisotopic (exact) mass is 461 g/mol. The van der Waals surface area contributed by atoms with E-state index >= 15 is 0 Å². The molecule has 1 aliphatic heterocycles. The van der Waals surface area contributed by atoms with E-state index in [-0.39, 0.29) is 18.4 Å². The highest BCUT2D eigenvalue weighted by Crippen LogP contribution is 2.41. The SMILES string of the molecule is Cc1cc(CN2CC(C(=O)O)C2)ccc1OCc1ccc(C2CCCCC2)c(C(F)(F)F)c1. The normalized spacial score (nSPS) is 18.2. The smallest absolute Gasteiger partial charge is 0.416 e. The molecule has 2 aromatic carbocycles.